The van der Waals surface area contributed by atoms with Gasteiger partial charge in [-0.3, -0.25) is 10.1 Å². The summed E-state index contributed by atoms with van der Waals surface area (Å²) in [6.45, 7) is -1.50. The van der Waals surface area contributed by atoms with Crippen molar-refractivity contribution < 1.29 is 22.8 Å². The van der Waals surface area contributed by atoms with Crippen LogP contribution in [0.5, 0.6) is 0 Å². The molecular weight excluding hydrogens is 375 g/mol. The number of hydrogen-bond acceptors (Lipinski definition) is 5. The third-order valence-corrected chi connectivity index (χ3v) is 4.77. The Morgan fingerprint density at radius 2 is 2.09 bits per heavy atom. The minimum atomic E-state index is -4.53. The zero-order valence-corrected chi connectivity index (χ0v) is 13.6. The van der Waals surface area contributed by atoms with Gasteiger partial charge >= 0.3 is 12.2 Å². The van der Waals surface area contributed by atoms with Crippen molar-refractivity contribution in [3.05, 3.63) is 23.2 Å². The second-order valence-corrected chi connectivity index (χ2v) is 6.92. The molecular formula is C12H9ClF3N3O2S2. The molecule has 124 valence electrons. The number of imide groups is 1. The summed E-state index contributed by atoms with van der Waals surface area (Å²) in [6, 6.07) is 4.00. The Balaban J connectivity index is 1.82. The summed E-state index contributed by atoms with van der Waals surface area (Å²) in [4.78, 5) is 26.9. The third kappa shape index (κ3) is 5.88. The number of nitrogens with zero attached hydrogens (tertiary/aromatic N) is 1. The summed E-state index contributed by atoms with van der Waals surface area (Å²) in [7, 11) is 0. The van der Waals surface area contributed by atoms with Crippen molar-refractivity contribution in [3.63, 3.8) is 0 Å². The van der Waals surface area contributed by atoms with Crippen LogP contribution < -0.4 is 10.6 Å². The van der Waals surface area contributed by atoms with Crippen LogP contribution >= 0.6 is 34.7 Å². The number of hydrogen-bond donors (Lipinski definition) is 2. The highest BCUT2D eigenvalue weighted by Gasteiger charge is 2.27. The zero-order valence-electron chi connectivity index (χ0n) is 11.2. The van der Waals surface area contributed by atoms with Crippen LogP contribution in [0.15, 0.2) is 22.5 Å². The van der Waals surface area contributed by atoms with Gasteiger partial charge in [0.15, 0.2) is 4.34 Å². The minimum absolute atomic E-state index is 0.146. The fourth-order valence-electron chi connectivity index (χ4n) is 1.46. The molecule has 0 bridgehead atoms. The largest absolute Gasteiger partial charge is 0.405 e. The number of nitrogens with one attached hydrogen (secondary N) is 2. The number of thioether (sulfide) groups is 1. The fourth-order valence-corrected chi connectivity index (χ4v) is 3.47. The monoisotopic (exact) mass is 383 g/mol. The number of rotatable bonds is 4. The first-order chi connectivity index (χ1) is 10.7. The molecule has 0 fully saturated rings. The van der Waals surface area contributed by atoms with Crippen molar-refractivity contribution in [2.45, 2.75) is 10.5 Å². The van der Waals surface area contributed by atoms with Gasteiger partial charge in [-0.25, -0.2) is 9.78 Å². The summed E-state index contributed by atoms with van der Waals surface area (Å²) in [5.41, 5.74) is 0.688. The Bertz CT molecular complexity index is 736. The molecule has 0 aliphatic rings. The molecule has 0 saturated heterocycles. The van der Waals surface area contributed by atoms with E-state index in [1.165, 1.54) is 11.3 Å². The van der Waals surface area contributed by atoms with Crippen LogP contribution in [0, 0.1) is 0 Å². The number of urea groups is 1. The van der Waals surface area contributed by atoms with Crippen LogP contribution in [-0.4, -0.2) is 35.4 Å². The lowest BCUT2D eigenvalue weighted by atomic mass is 10.3. The van der Waals surface area contributed by atoms with Gasteiger partial charge in [0.05, 0.1) is 16.0 Å². The van der Waals surface area contributed by atoms with Gasteiger partial charge in [0.1, 0.15) is 6.54 Å². The van der Waals surface area contributed by atoms with E-state index in [1.807, 2.05) is 5.32 Å². The summed E-state index contributed by atoms with van der Waals surface area (Å²) < 4.78 is 37.2. The third-order valence-electron chi connectivity index (χ3n) is 2.36. The molecule has 1 heterocycles. The lowest BCUT2D eigenvalue weighted by Crippen LogP contribution is -2.43. The van der Waals surface area contributed by atoms with Crippen LogP contribution in [0.25, 0.3) is 10.2 Å². The standard InChI is InChI=1S/C12H9ClF3N3O2S2/c13-6-1-2-8-7(3-6)18-11(23-8)22-4-9(20)19-10(21)17-5-12(14,15)16/h1-3H,4-5H2,(H2,17,19,20,21). The number of fused-ring (bicyclic) bond motifs is 1. The average molecular weight is 384 g/mol. The Morgan fingerprint density at radius 3 is 2.78 bits per heavy atom. The summed E-state index contributed by atoms with van der Waals surface area (Å²) >= 11 is 8.26. The Hall–Kier alpha value is -1.52. The van der Waals surface area contributed by atoms with Crippen molar-refractivity contribution in [1.82, 2.24) is 15.6 Å². The molecule has 0 aliphatic carbocycles. The summed E-state index contributed by atoms with van der Waals surface area (Å²) in [6.07, 6.45) is -4.53. The quantitative estimate of drug-likeness (QED) is 0.793. The van der Waals surface area contributed by atoms with E-state index < -0.39 is 24.7 Å². The number of benzene rings is 1. The van der Waals surface area contributed by atoms with Gasteiger partial charge in [0.2, 0.25) is 5.91 Å². The van der Waals surface area contributed by atoms with E-state index >= 15 is 0 Å². The summed E-state index contributed by atoms with van der Waals surface area (Å²) in [5, 5.41) is 3.90. The normalized spacial score (nSPS) is 11.5. The van der Waals surface area contributed by atoms with Gasteiger partial charge in [0, 0.05) is 5.02 Å². The van der Waals surface area contributed by atoms with Gasteiger partial charge in [-0.1, -0.05) is 23.4 Å². The lowest BCUT2D eigenvalue weighted by Gasteiger charge is -2.08. The van der Waals surface area contributed by atoms with Crippen molar-refractivity contribution >= 4 is 56.9 Å². The first-order valence-electron chi connectivity index (χ1n) is 6.06. The Morgan fingerprint density at radius 1 is 1.35 bits per heavy atom. The van der Waals surface area contributed by atoms with Crippen LogP contribution in [0.3, 0.4) is 0 Å². The molecule has 0 unspecified atom stereocenters. The SMILES string of the molecule is O=C(CSc1nc2cc(Cl)ccc2s1)NC(=O)NCC(F)(F)F. The smallest absolute Gasteiger partial charge is 0.329 e. The molecule has 3 amide bonds. The minimum Gasteiger partial charge on any atom is -0.329 e. The molecule has 1 aromatic heterocycles. The van der Waals surface area contributed by atoms with Crippen LogP contribution in [0.4, 0.5) is 18.0 Å². The van der Waals surface area contributed by atoms with E-state index in [0.717, 1.165) is 16.5 Å². The highest BCUT2D eigenvalue weighted by molar-refractivity contribution is 8.01. The topological polar surface area (TPSA) is 71.1 Å². The predicted octanol–water partition coefficient (Wildman–Crippen LogP) is 3.43. The molecule has 23 heavy (non-hydrogen) atoms. The van der Waals surface area contributed by atoms with Gasteiger partial charge in [-0.05, 0) is 18.2 Å². The molecule has 1 aromatic carbocycles. The highest BCUT2D eigenvalue weighted by atomic mass is 35.5. The highest BCUT2D eigenvalue weighted by Crippen LogP contribution is 2.30. The fraction of sp³-hybridized carbons (Fsp3) is 0.250. The van der Waals surface area contributed by atoms with Crippen LogP contribution in [0.2, 0.25) is 5.02 Å². The molecule has 11 heteroatoms. The molecule has 0 radical (unpaired) electrons. The van der Waals surface area contributed by atoms with E-state index in [1.54, 1.807) is 23.5 Å². The van der Waals surface area contributed by atoms with E-state index in [-0.39, 0.29) is 5.75 Å². The van der Waals surface area contributed by atoms with E-state index in [2.05, 4.69) is 4.98 Å². The Kier molecular flexibility index (Phi) is 5.71. The molecule has 2 rings (SSSR count). The number of alkyl halides is 3. The van der Waals surface area contributed by atoms with Gasteiger partial charge in [0.25, 0.3) is 0 Å². The molecule has 0 saturated carbocycles. The number of halogens is 4. The molecule has 2 N–H and O–H groups in total. The molecule has 2 aromatic rings. The first-order valence-corrected chi connectivity index (χ1v) is 8.24. The van der Waals surface area contributed by atoms with E-state index in [0.29, 0.717) is 14.9 Å². The average Bonchev–Trinajstić information content (AvgIpc) is 2.84. The van der Waals surface area contributed by atoms with Crippen LogP contribution in [0.1, 0.15) is 0 Å². The summed E-state index contributed by atoms with van der Waals surface area (Å²) in [5.74, 6) is -0.862. The number of thiazole rings is 1. The molecule has 5 nitrogen and oxygen atoms in total. The molecule has 0 spiro atoms. The number of amides is 3. The van der Waals surface area contributed by atoms with Gasteiger partial charge in [-0.2, -0.15) is 13.2 Å². The van der Waals surface area contributed by atoms with Crippen molar-refractivity contribution in [3.8, 4) is 0 Å². The van der Waals surface area contributed by atoms with Gasteiger partial charge in [-0.15, -0.1) is 11.3 Å². The second-order valence-electron chi connectivity index (χ2n) is 4.23. The van der Waals surface area contributed by atoms with Crippen molar-refractivity contribution in [2.75, 3.05) is 12.3 Å². The lowest BCUT2D eigenvalue weighted by molar-refractivity contribution is -0.124. The maximum Gasteiger partial charge on any atom is 0.405 e. The van der Waals surface area contributed by atoms with Crippen molar-refractivity contribution in [2.24, 2.45) is 0 Å². The van der Waals surface area contributed by atoms with Crippen LogP contribution in [-0.2, 0) is 4.79 Å². The molecule has 0 atom stereocenters. The van der Waals surface area contributed by atoms with Gasteiger partial charge < -0.3 is 5.32 Å². The second kappa shape index (κ2) is 7.37. The van der Waals surface area contributed by atoms with Crippen molar-refractivity contribution in [1.29, 1.82) is 0 Å². The molecule has 0 aliphatic heterocycles. The predicted molar refractivity (Wildman–Crippen MR) is 83.0 cm³/mol. The number of carbonyl (C=O) groups is 2. The maximum absolute atomic E-state index is 11.9. The Labute approximate surface area is 141 Å². The maximum atomic E-state index is 11.9. The zero-order chi connectivity index (χ0) is 17.0. The van der Waals surface area contributed by atoms with E-state index in [4.69, 9.17) is 11.6 Å². The van der Waals surface area contributed by atoms with E-state index in [9.17, 15) is 22.8 Å². The number of carbonyl (C=O) groups excluding carboxylic acids is 2. The number of aromatic nitrogens is 1. The first kappa shape index (κ1) is 17.8.